The average molecular weight is 297 g/mol. The Morgan fingerprint density at radius 1 is 1.43 bits per heavy atom. The number of hydrogen-bond acceptors (Lipinski definition) is 5. The Hall–Kier alpha value is -1.83. The van der Waals surface area contributed by atoms with E-state index in [0.717, 1.165) is 5.69 Å². The number of nitrogens with zero attached hydrogens (tertiary/aromatic N) is 4. The van der Waals surface area contributed by atoms with Crippen LogP contribution in [-0.2, 0) is 19.4 Å². The maximum absolute atomic E-state index is 14.4. The third-order valence-corrected chi connectivity index (χ3v) is 3.86. The molecule has 0 spiro atoms. The topological polar surface area (TPSA) is 68.8 Å². The van der Waals surface area contributed by atoms with Crippen molar-refractivity contribution in [2.75, 3.05) is 13.1 Å². The first-order valence-corrected chi connectivity index (χ1v) is 6.94. The minimum atomic E-state index is -3.07. The molecule has 0 atom stereocenters. The van der Waals surface area contributed by atoms with Crippen LogP contribution < -0.4 is 5.32 Å². The second-order valence-electron chi connectivity index (χ2n) is 5.34. The highest BCUT2D eigenvalue weighted by molar-refractivity contribution is 5.07. The van der Waals surface area contributed by atoms with E-state index in [0.29, 0.717) is 32.4 Å². The number of aromatic nitrogens is 4. The molecule has 21 heavy (non-hydrogen) atoms. The van der Waals surface area contributed by atoms with Crippen LogP contribution in [0.3, 0.4) is 0 Å². The number of alkyl halides is 2. The Labute approximate surface area is 120 Å². The highest BCUT2D eigenvalue weighted by Crippen LogP contribution is 2.39. The normalized spacial score (nSPS) is 17.3. The molecule has 0 bridgehead atoms. The molecule has 8 heteroatoms. The highest BCUT2D eigenvalue weighted by Gasteiger charge is 2.46. The zero-order valence-electron chi connectivity index (χ0n) is 11.7. The van der Waals surface area contributed by atoms with Crippen molar-refractivity contribution >= 4 is 0 Å². The summed E-state index contributed by atoms with van der Waals surface area (Å²) in [5.74, 6) is -4.14. The summed E-state index contributed by atoms with van der Waals surface area (Å²) in [7, 11) is 1.83. The Morgan fingerprint density at radius 3 is 2.86 bits per heavy atom. The van der Waals surface area contributed by atoms with Gasteiger partial charge in [0.1, 0.15) is 0 Å². The van der Waals surface area contributed by atoms with Gasteiger partial charge in [-0.25, -0.2) is 4.98 Å². The number of piperidine rings is 1. The van der Waals surface area contributed by atoms with Crippen molar-refractivity contribution in [1.29, 1.82) is 0 Å². The van der Waals surface area contributed by atoms with E-state index >= 15 is 0 Å². The van der Waals surface area contributed by atoms with Crippen molar-refractivity contribution in [2.45, 2.75) is 25.2 Å². The predicted molar refractivity (Wildman–Crippen MR) is 69.8 cm³/mol. The monoisotopic (exact) mass is 297 g/mol. The van der Waals surface area contributed by atoms with Gasteiger partial charge in [0.2, 0.25) is 0 Å². The van der Waals surface area contributed by atoms with Gasteiger partial charge in [-0.1, -0.05) is 5.16 Å². The molecule has 114 valence electrons. The van der Waals surface area contributed by atoms with Crippen LogP contribution in [0.5, 0.6) is 0 Å². The third-order valence-electron chi connectivity index (χ3n) is 3.86. The standard InChI is InChI=1S/C13H17F2N5O/c1-20-8-17-7-10(20)6-11-18-12(21-19-11)13(14,15)9-2-4-16-5-3-9/h7-9,16H,2-6H2,1H3. The number of halogens is 2. The Morgan fingerprint density at radius 2 is 2.19 bits per heavy atom. The molecule has 0 unspecified atom stereocenters. The third kappa shape index (κ3) is 2.80. The van der Waals surface area contributed by atoms with Crippen LogP contribution in [0.2, 0.25) is 0 Å². The summed E-state index contributed by atoms with van der Waals surface area (Å²) in [5, 5.41) is 6.74. The van der Waals surface area contributed by atoms with Gasteiger partial charge in [0.05, 0.1) is 12.7 Å². The number of hydrogen-bond donors (Lipinski definition) is 1. The van der Waals surface area contributed by atoms with Gasteiger partial charge in [-0.15, -0.1) is 0 Å². The van der Waals surface area contributed by atoms with Gasteiger partial charge in [0, 0.05) is 24.9 Å². The van der Waals surface area contributed by atoms with E-state index in [1.54, 1.807) is 17.1 Å². The first kappa shape index (κ1) is 14.1. The molecule has 0 aromatic carbocycles. The molecule has 0 amide bonds. The van der Waals surface area contributed by atoms with Crippen LogP contribution >= 0.6 is 0 Å². The number of imidazole rings is 1. The molecule has 3 rings (SSSR count). The van der Waals surface area contributed by atoms with Crippen LogP contribution in [0, 0.1) is 5.92 Å². The molecule has 1 N–H and O–H groups in total. The lowest BCUT2D eigenvalue weighted by Gasteiger charge is -2.27. The number of rotatable bonds is 4. The molecule has 0 aliphatic carbocycles. The van der Waals surface area contributed by atoms with Crippen molar-refractivity contribution < 1.29 is 13.3 Å². The lowest BCUT2D eigenvalue weighted by Crippen LogP contribution is -2.36. The van der Waals surface area contributed by atoms with Gasteiger partial charge >= 0.3 is 5.92 Å². The first-order chi connectivity index (χ1) is 10.1. The maximum Gasteiger partial charge on any atom is 0.327 e. The Bertz CT molecular complexity index is 603. The molecule has 6 nitrogen and oxygen atoms in total. The molecule has 1 aliphatic rings. The van der Waals surface area contributed by atoms with Crippen molar-refractivity contribution in [3.8, 4) is 0 Å². The quantitative estimate of drug-likeness (QED) is 0.926. The highest BCUT2D eigenvalue weighted by atomic mass is 19.3. The van der Waals surface area contributed by atoms with Crippen LogP contribution in [0.15, 0.2) is 17.0 Å². The van der Waals surface area contributed by atoms with E-state index in [2.05, 4.69) is 20.4 Å². The van der Waals surface area contributed by atoms with Crippen LogP contribution in [0.1, 0.15) is 30.3 Å². The van der Waals surface area contributed by atoms with Crippen molar-refractivity contribution in [1.82, 2.24) is 25.0 Å². The van der Waals surface area contributed by atoms with Crippen molar-refractivity contribution in [3.63, 3.8) is 0 Å². The number of nitrogens with one attached hydrogen (secondary N) is 1. The summed E-state index contributed by atoms with van der Waals surface area (Å²) < 4.78 is 35.3. The van der Waals surface area contributed by atoms with E-state index in [-0.39, 0.29) is 5.82 Å². The maximum atomic E-state index is 14.4. The van der Waals surface area contributed by atoms with Crippen molar-refractivity contribution in [3.05, 3.63) is 29.9 Å². The molecule has 0 radical (unpaired) electrons. The fourth-order valence-electron chi connectivity index (χ4n) is 2.54. The van der Waals surface area contributed by atoms with Crippen LogP contribution in [-0.4, -0.2) is 32.8 Å². The lowest BCUT2D eigenvalue weighted by atomic mass is 9.91. The summed E-state index contributed by atoms with van der Waals surface area (Å²) in [6.45, 7) is 1.19. The fourth-order valence-corrected chi connectivity index (χ4v) is 2.54. The van der Waals surface area contributed by atoms with E-state index < -0.39 is 17.7 Å². The summed E-state index contributed by atoms with van der Waals surface area (Å²) in [5.41, 5.74) is 0.840. The Balaban J connectivity index is 1.75. The summed E-state index contributed by atoms with van der Waals surface area (Å²) in [6, 6.07) is 0. The summed E-state index contributed by atoms with van der Waals surface area (Å²) in [4.78, 5) is 7.85. The molecule has 1 aliphatic heterocycles. The lowest BCUT2D eigenvalue weighted by molar-refractivity contribution is -0.0993. The average Bonchev–Trinajstić information content (AvgIpc) is 3.11. The second-order valence-corrected chi connectivity index (χ2v) is 5.34. The van der Waals surface area contributed by atoms with Crippen molar-refractivity contribution in [2.24, 2.45) is 13.0 Å². The summed E-state index contributed by atoms with van der Waals surface area (Å²) >= 11 is 0. The summed E-state index contributed by atoms with van der Waals surface area (Å²) in [6.07, 6.45) is 4.43. The Kier molecular flexibility index (Phi) is 3.71. The van der Waals surface area contributed by atoms with E-state index in [9.17, 15) is 8.78 Å². The minimum Gasteiger partial charge on any atom is -0.337 e. The zero-order valence-corrected chi connectivity index (χ0v) is 11.7. The van der Waals surface area contributed by atoms with Gasteiger partial charge in [0.15, 0.2) is 5.82 Å². The molecule has 0 saturated carbocycles. The van der Waals surface area contributed by atoms with E-state index in [4.69, 9.17) is 4.52 Å². The zero-order chi connectivity index (χ0) is 14.9. The predicted octanol–water partition coefficient (Wildman–Crippen LogP) is 1.49. The number of aryl methyl sites for hydroxylation is 1. The van der Waals surface area contributed by atoms with E-state index in [1.807, 2.05) is 7.05 Å². The fraction of sp³-hybridized carbons (Fsp3) is 0.615. The molecule has 2 aromatic rings. The smallest absolute Gasteiger partial charge is 0.327 e. The molecule has 3 heterocycles. The second kappa shape index (κ2) is 5.51. The van der Waals surface area contributed by atoms with E-state index in [1.165, 1.54) is 0 Å². The van der Waals surface area contributed by atoms with Gasteiger partial charge in [-0.3, -0.25) is 0 Å². The van der Waals surface area contributed by atoms with Gasteiger partial charge in [-0.05, 0) is 25.9 Å². The van der Waals surface area contributed by atoms with Gasteiger partial charge in [0.25, 0.3) is 5.89 Å². The van der Waals surface area contributed by atoms with Gasteiger partial charge < -0.3 is 14.4 Å². The molecular formula is C13H17F2N5O. The molecule has 2 aromatic heterocycles. The first-order valence-electron chi connectivity index (χ1n) is 6.94. The minimum absolute atomic E-state index is 0.252. The van der Waals surface area contributed by atoms with Crippen LogP contribution in [0.25, 0.3) is 0 Å². The largest absolute Gasteiger partial charge is 0.337 e. The molecule has 1 fully saturated rings. The molecule has 1 saturated heterocycles. The molecular weight excluding hydrogens is 280 g/mol. The SMILES string of the molecule is Cn1cncc1Cc1noc(C(F)(F)C2CCNCC2)n1. The van der Waals surface area contributed by atoms with Gasteiger partial charge in [-0.2, -0.15) is 13.8 Å². The van der Waals surface area contributed by atoms with Crippen LogP contribution in [0.4, 0.5) is 8.78 Å².